The first-order valence-electron chi connectivity index (χ1n) is 6.72. The smallest absolute Gasteiger partial charge is 0.258 e. The van der Waals surface area contributed by atoms with Crippen LogP contribution < -0.4 is 5.32 Å². The Labute approximate surface area is 134 Å². The minimum atomic E-state index is -1.21. The number of phenols is 1. The lowest BCUT2D eigenvalue weighted by Crippen LogP contribution is -2.32. The zero-order chi connectivity index (χ0) is 17.0. The van der Waals surface area contributed by atoms with E-state index in [9.17, 15) is 22.9 Å². The van der Waals surface area contributed by atoms with Crippen LogP contribution in [0.25, 0.3) is 0 Å². The highest BCUT2D eigenvalue weighted by atomic mass is 32.2. The molecule has 0 aliphatic rings. The van der Waals surface area contributed by atoms with E-state index in [1.165, 1.54) is 6.26 Å². The maximum atomic E-state index is 13.8. The van der Waals surface area contributed by atoms with E-state index in [1.54, 1.807) is 30.3 Å². The maximum absolute atomic E-state index is 13.8. The molecular weight excluding hydrogens is 324 g/mol. The second kappa shape index (κ2) is 7.32. The molecule has 7 heteroatoms. The molecule has 0 saturated heterocycles. The zero-order valence-electron chi connectivity index (χ0n) is 12.3. The van der Waals surface area contributed by atoms with Crippen molar-refractivity contribution in [2.24, 2.45) is 0 Å². The molecule has 2 unspecified atom stereocenters. The van der Waals surface area contributed by atoms with Crippen molar-refractivity contribution in [2.45, 2.75) is 6.04 Å². The first-order chi connectivity index (χ1) is 10.9. The van der Waals surface area contributed by atoms with Crippen LogP contribution in [-0.2, 0) is 10.8 Å². The van der Waals surface area contributed by atoms with Gasteiger partial charge in [-0.1, -0.05) is 30.3 Å². The summed E-state index contributed by atoms with van der Waals surface area (Å²) in [5.41, 5.74) is 0.0484. The van der Waals surface area contributed by atoms with E-state index >= 15 is 0 Å². The monoisotopic (exact) mass is 339 g/mol. The Kier molecular flexibility index (Phi) is 5.44. The van der Waals surface area contributed by atoms with E-state index in [2.05, 4.69) is 5.32 Å². The third-order valence-electron chi connectivity index (χ3n) is 3.17. The predicted octanol–water partition coefficient (Wildman–Crippen LogP) is 2.52. The van der Waals surface area contributed by atoms with Crippen LogP contribution in [0.4, 0.5) is 8.78 Å². The lowest BCUT2D eigenvalue weighted by atomic mass is 10.1. The highest BCUT2D eigenvalue weighted by molar-refractivity contribution is 7.84. The summed E-state index contributed by atoms with van der Waals surface area (Å²) >= 11 is 0. The van der Waals surface area contributed by atoms with E-state index in [4.69, 9.17) is 0 Å². The topological polar surface area (TPSA) is 66.4 Å². The minimum Gasteiger partial charge on any atom is -0.507 e. The average Bonchev–Trinajstić information content (AvgIpc) is 2.46. The molecule has 0 aliphatic carbocycles. The van der Waals surface area contributed by atoms with Crippen molar-refractivity contribution in [1.82, 2.24) is 5.32 Å². The Balaban J connectivity index is 2.30. The van der Waals surface area contributed by atoms with Crippen molar-refractivity contribution in [2.75, 3.05) is 12.0 Å². The van der Waals surface area contributed by atoms with Gasteiger partial charge in [-0.15, -0.1) is 0 Å². The second-order valence-electron chi connectivity index (χ2n) is 4.96. The number of aromatic hydroxyl groups is 1. The summed E-state index contributed by atoms with van der Waals surface area (Å²) in [6.45, 7) is 0. The molecule has 2 aromatic carbocycles. The summed E-state index contributed by atoms with van der Waals surface area (Å²) in [4.78, 5) is 12.2. The Bertz CT molecular complexity index is 714. The van der Waals surface area contributed by atoms with Crippen molar-refractivity contribution in [3.05, 3.63) is 65.2 Å². The largest absolute Gasteiger partial charge is 0.507 e. The summed E-state index contributed by atoms with van der Waals surface area (Å²) in [6, 6.07) is 9.32. The van der Waals surface area contributed by atoms with Crippen LogP contribution in [0.3, 0.4) is 0 Å². The van der Waals surface area contributed by atoms with Crippen molar-refractivity contribution in [3.8, 4) is 5.75 Å². The Morgan fingerprint density at radius 3 is 2.48 bits per heavy atom. The van der Waals surface area contributed by atoms with Gasteiger partial charge in [0.1, 0.15) is 22.9 Å². The number of nitrogens with one attached hydrogen (secondary N) is 1. The van der Waals surface area contributed by atoms with Gasteiger partial charge >= 0.3 is 0 Å². The maximum Gasteiger partial charge on any atom is 0.258 e. The highest BCUT2D eigenvalue weighted by Gasteiger charge is 2.22. The normalized spacial score (nSPS) is 13.3. The molecule has 0 fully saturated rings. The Hall–Kier alpha value is -2.28. The molecule has 23 heavy (non-hydrogen) atoms. The van der Waals surface area contributed by atoms with Gasteiger partial charge in [0, 0.05) is 34.9 Å². The molecule has 122 valence electrons. The van der Waals surface area contributed by atoms with Crippen LogP contribution in [0.15, 0.2) is 42.5 Å². The van der Waals surface area contributed by atoms with E-state index < -0.39 is 45.7 Å². The molecule has 2 atom stereocenters. The van der Waals surface area contributed by atoms with Gasteiger partial charge in [0.25, 0.3) is 5.91 Å². The number of hydrogen-bond donors (Lipinski definition) is 2. The molecule has 0 radical (unpaired) electrons. The van der Waals surface area contributed by atoms with E-state index in [-0.39, 0.29) is 5.75 Å². The van der Waals surface area contributed by atoms with Gasteiger partial charge in [-0.05, 0) is 5.56 Å². The van der Waals surface area contributed by atoms with Crippen molar-refractivity contribution in [1.29, 1.82) is 0 Å². The number of phenolic OH excluding ortho intramolecular Hbond substituents is 1. The molecule has 0 aromatic heterocycles. The van der Waals surface area contributed by atoms with Crippen LogP contribution >= 0.6 is 0 Å². The highest BCUT2D eigenvalue weighted by Crippen LogP contribution is 2.23. The summed E-state index contributed by atoms with van der Waals surface area (Å²) in [5, 5.41) is 12.1. The van der Waals surface area contributed by atoms with E-state index in [0.29, 0.717) is 17.7 Å². The Morgan fingerprint density at radius 1 is 1.26 bits per heavy atom. The second-order valence-corrected chi connectivity index (χ2v) is 6.44. The Morgan fingerprint density at radius 2 is 1.91 bits per heavy atom. The van der Waals surface area contributed by atoms with Gasteiger partial charge < -0.3 is 10.4 Å². The van der Waals surface area contributed by atoms with Gasteiger partial charge in [-0.2, -0.15) is 0 Å². The summed E-state index contributed by atoms with van der Waals surface area (Å²) in [7, 11) is -1.21. The molecule has 0 heterocycles. The predicted molar refractivity (Wildman–Crippen MR) is 83.6 cm³/mol. The van der Waals surface area contributed by atoms with Gasteiger partial charge in [0.05, 0.1) is 6.04 Å². The fraction of sp³-hybridized carbons (Fsp3) is 0.188. The van der Waals surface area contributed by atoms with Crippen LogP contribution in [0.2, 0.25) is 0 Å². The van der Waals surface area contributed by atoms with Crippen molar-refractivity contribution < 1.29 is 22.9 Å². The summed E-state index contributed by atoms with van der Waals surface area (Å²) < 4.78 is 38.3. The molecule has 1 amide bonds. The van der Waals surface area contributed by atoms with Crippen LogP contribution in [0.5, 0.6) is 5.75 Å². The first-order valence-corrected chi connectivity index (χ1v) is 8.45. The fourth-order valence-corrected chi connectivity index (χ4v) is 2.90. The van der Waals surface area contributed by atoms with Crippen molar-refractivity contribution in [3.63, 3.8) is 0 Å². The molecule has 0 saturated carbocycles. The first kappa shape index (κ1) is 17.1. The molecule has 4 nitrogen and oxygen atoms in total. The minimum absolute atomic E-state index is 0.124. The number of carbonyl (C=O) groups excluding carboxylic acids is 1. The SMILES string of the molecule is CS(=O)CC(NC(=O)c1c(O)cc(F)cc1F)c1ccccc1. The fourth-order valence-electron chi connectivity index (χ4n) is 2.16. The standard InChI is InChI=1S/C16H15F2NO3S/c1-23(22)9-13(10-5-3-2-4-6-10)19-16(21)15-12(18)7-11(17)8-14(15)20/h2-8,13,20H,9H2,1H3,(H,19,21). The van der Waals surface area contributed by atoms with Crippen molar-refractivity contribution >= 4 is 16.7 Å². The lowest BCUT2D eigenvalue weighted by Gasteiger charge is -2.18. The number of benzene rings is 2. The summed E-state index contributed by atoms with van der Waals surface area (Å²) in [6.07, 6.45) is 1.48. The van der Waals surface area contributed by atoms with Gasteiger partial charge in [-0.25, -0.2) is 8.78 Å². The quantitative estimate of drug-likeness (QED) is 0.880. The molecular formula is C16H15F2NO3S. The zero-order valence-corrected chi connectivity index (χ0v) is 13.1. The molecule has 0 spiro atoms. The lowest BCUT2D eigenvalue weighted by molar-refractivity contribution is 0.0933. The van der Waals surface area contributed by atoms with Gasteiger partial charge in [0.15, 0.2) is 0 Å². The average molecular weight is 339 g/mol. The number of amides is 1. The third kappa shape index (κ3) is 4.35. The number of rotatable bonds is 5. The molecule has 0 bridgehead atoms. The van der Waals surface area contributed by atoms with E-state index in [0.717, 1.165) is 0 Å². The number of carbonyl (C=O) groups is 1. The van der Waals surface area contributed by atoms with Crippen LogP contribution in [-0.4, -0.2) is 27.2 Å². The van der Waals surface area contributed by atoms with Crippen LogP contribution in [0.1, 0.15) is 22.0 Å². The molecule has 0 aliphatic heterocycles. The van der Waals surface area contributed by atoms with Gasteiger partial charge in [-0.3, -0.25) is 9.00 Å². The number of hydrogen-bond acceptors (Lipinski definition) is 3. The molecule has 2 aromatic rings. The van der Waals surface area contributed by atoms with E-state index in [1.807, 2.05) is 0 Å². The van der Waals surface area contributed by atoms with Gasteiger partial charge in [0.2, 0.25) is 0 Å². The molecule has 2 rings (SSSR count). The number of halogens is 2. The van der Waals surface area contributed by atoms with Crippen LogP contribution in [0, 0.1) is 11.6 Å². The third-order valence-corrected chi connectivity index (χ3v) is 3.97. The molecule has 2 N–H and O–H groups in total. The summed E-state index contributed by atoms with van der Waals surface area (Å²) in [5.74, 6) is -3.71.